The third-order valence-corrected chi connectivity index (χ3v) is 3.21. The molecule has 2 aliphatic rings. The summed E-state index contributed by atoms with van der Waals surface area (Å²) in [6, 6.07) is 0.853. The molecule has 0 aromatic carbocycles. The first kappa shape index (κ1) is 12.3. The minimum absolute atomic E-state index is 0.0576. The highest BCUT2D eigenvalue weighted by atomic mass is 16.7. The summed E-state index contributed by atoms with van der Waals surface area (Å²) in [7, 11) is 0. The molecule has 1 heterocycles. The average Bonchev–Trinajstić information content (AvgIpc) is 3.09. The molecule has 0 N–H and O–H groups in total. The topological polar surface area (TPSA) is 21.7 Å². The van der Waals surface area contributed by atoms with E-state index in [2.05, 4.69) is 18.7 Å². The predicted molar refractivity (Wildman–Crippen MR) is 64.4 cm³/mol. The SMILES string of the molecule is CC(C)CN(CCC1OCCCO1)C1CC1. The molecule has 1 saturated heterocycles. The van der Waals surface area contributed by atoms with E-state index >= 15 is 0 Å². The van der Waals surface area contributed by atoms with Crippen molar-refractivity contribution in [3.63, 3.8) is 0 Å². The van der Waals surface area contributed by atoms with E-state index in [4.69, 9.17) is 9.47 Å². The van der Waals surface area contributed by atoms with Crippen molar-refractivity contribution in [2.24, 2.45) is 5.92 Å². The molecule has 0 radical (unpaired) electrons. The summed E-state index contributed by atoms with van der Waals surface area (Å²) in [5, 5.41) is 0. The maximum absolute atomic E-state index is 5.58. The molecule has 0 aromatic heterocycles. The van der Waals surface area contributed by atoms with E-state index in [9.17, 15) is 0 Å². The molecule has 0 aromatic rings. The molecule has 3 heteroatoms. The van der Waals surface area contributed by atoms with Gasteiger partial charge < -0.3 is 9.47 Å². The van der Waals surface area contributed by atoms with Gasteiger partial charge in [-0.15, -0.1) is 0 Å². The number of ether oxygens (including phenoxy) is 2. The zero-order valence-corrected chi connectivity index (χ0v) is 10.7. The van der Waals surface area contributed by atoms with E-state index in [1.165, 1.54) is 19.4 Å². The zero-order chi connectivity index (χ0) is 11.4. The smallest absolute Gasteiger partial charge is 0.158 e. The lowest BCUT2D eigenvalue weighted by molar-refractivity contribution is -0.182. The first-order chi connectivity index (χ1) is 7.75. The van der Waals surface area contributed by atoms with Gasteiger partial charge >= 0.3 is 0 Å². The number of hydrogen-bond donors (Lipinski definition) is 0. The van der Waals surface area contributed by atoms with Gasteiger partial charge in [-0.3, -0.25) is 4.90 Å². The van der Waals surface area contributed by atoms with E-state index in [0.717, 1.165) is 44.6 Å². The Labute approximate surface area is 99.1 Å². The van der Waals surface area contributed by atoms with Gasteiger partial charge in [-0.25, -0.2) is 0 Å². The van der Waals surface area contributed by atoms with Gasteiger partial charge in [0.1, 0.15) is 0 Å². The fourth-order valence-electron chi connectivity index (χ4n) is 2.31. The molecule has 0 atom stereocenters. The molecular formula is C13H25NO2. The van der Waals surface area contributed by atoms with Crippen molar-refractivity contribution in [1.29, 1.82) is 0 Å². The summed E-state index contributed by atoms with van der Waals surface area (Å²) in [5.41, 5.74) is 0. The van der Waals surface area contributed by atoms with Gasteiger partial charge in [0, 0.05) is 25.6 Å². The second-order valence-electron chi connectivity index (χ2n) is 5.43. The van der Waals surface area contributed by atoms with Crippen LogP contribution in [0.5, 0.6) is 0 Å². The van der Waals surface area contributed by atoms with Crippen LogP contribution >= 0.6 is 0 Å². The van der Waals surface area contributed by atoms with E-state index < -0.39 is 0 Å². The van der Waals surface area contributed by atoms with Gasteiger partial charge in [0.2, 0.25) is 0 Å². The summed E-state index contributed by atoms with van der Waals surface area (Å²) < 4.78 is 11.2. The first-order valence-electron chi connectivity index (χ1n) is 6.73. The molecule has 2 rings (SSSR count). The molecule has 3 nitrogen and oxygen atoms in total. The molecule has 0 bridgehead atoms. The molecule has 1 aliphatic carbocycles. The second kappa shape index (κ2) is 5.99. The van der Waals surface area contributed by atoms with Crippen LogP contribution in [0, 0.1) is 5.92 Å². The van der Waals surface area contributed by atoms with E-state index in [1.807, 2.05) is 0 Å². The van der Waals surface area contributed by atoms with E-state index in [0.29, 0.717) is 0 Å². The van der Waals surface area contributed by atoms with Gasteiger partial charge in [-0.2, -0.15) is 0 Å². The molecule has 94 valence electrons. The summed E-state index contributed by atoms with van der Waals surface area (Å²) in [5.74, 6) is 0.758. The Bertz CT molecular complexity index is 198. The number of hydrogen-bond acceptors (Lipinski definition) is 3. The Morgan fingerprint density at radius 1 is 1.19 bits per heavy atom. The quantitative estimate of drug-likeness (QED) is 0.695. The highest BCUT2D eigenvalue weighted by molar-refractivity contribution is 4.85. The highest BCUT2D eigenvalue weighted by Gasteiger charge is 2.29. The van der Waals surface area contributed by atoms with Crippen LogP contribution in [0.3, 0.4) is 0 Å². The van der Waals surface area contributed by atoms with Crippen molar-refractivity contribution in [3.05, 3.63) is 0 Å². The van der Waals surface area contributed by atoms with Crippen LogP contribution in [0.1, 0.15) is 39.5 Å². The molecule has 0 amide bonds. The Hall–Kier alpha value is -0.120. The molecule has 2 fully saturated rings. The predicted octanol–water partition coefficient (Wildman–Crippen LogP) is 2.26. The van der Waals surface area contributed by atoms with Crippen LogP contribution in [-0.2, 0) is 9.47 Å². The van der Waals surface area contributed by atoms with Crippen LogP contribution in [0.15, 0.2) is 0 Å². The third kappa shape index (κ3) is 4.04. The van der Waals surface area contributed by atoms with E-state index in [1.54, 1.807) is 0 Å². The standard InChI is InChI=1S/C13H25NO2/c1-11(2)10-14(12-4-5-12)7-6-13-15-8-3-9-16-13/h11-13H,3-10H2,1-2H3. The van der Waals surface area contributed by atoms with Gasteiger partial charge in [0.25, 0.3) is 0 Å². The Morgan fingerprint density at radius 2 is 1.88 bits per heavy atom. The summed E-state index contributed by atoms with van der Waals surface area (Å²) in [6.07, 6.45) is 4.91. The third-order valence-electron chi connectivity index (χ3n) is 3.21. The monoisotopic (exact) mass is 227 g/mol. The Balaban J connectivity index is 1.68. The van der Waals surface area contributed by atoms with E-state index in [-0.39, 0.29) is 6.29 Å². The van der Waals surface area contributed by atoms with Gasteiger partial charge in [0.15, 0.2) is 6.29 Å². The minimum atomic E-state index is 0.0576. The maximum Gasteiger partial charge on any atom is 0.158 e. The van der Waals surface area contributed by atoms with Gasteiger partial charge in [-0.1, -0.05) is 13.8 Å². The maximum atomic E-state index is 5.58. The van der Waals surface area contributed by atoms with Crippen molar-refractivity contribution in [2.75, 3.05) is 26.3 Å². The van der Waals surface area contributed by atoms with Crippen LogP contribution in [0.25, 0.3) is 0 Å². The average molecular weight is 227 g/mol. The van der Waals surface area contributed by atoms with Crippen molar-refractivity contribution in [3.8, 4) is 0 Å². The van der Waals surface area contributed by atoms with Crippen LogP contribution in [0.2, 0.25) is 0 Å². The second-order valence-corrected chi connectivity index (χ2v) is 5.43. The number of rotatable bonds is 6. The lowest BCUT2D eigenvalue weighted by Crippen LogP contribution is -2.35. The summed E-state index contributed by atoms with van der Waals surface area (Å²) in [6.45, 7) is 8.69. The Kier molecular flexibility index (Phi) is 4.62. The molecule has 1 saturated carbocycles. The lowest BCUT2D eigenvalue weighted by atomic mass is 10.2. The minimum Gasteiger partial charge on any atom is -0.353 e. The van der Waals surface area contributed by atoms with Crippen LogP contribution in [0.4, 0.5) is 0 Å². The summed E-state index contributed by atoms with van der Waals surface area (Å²) >= 11 is 0. The normalized spacial score (nSPS) is 23.2. The fraction of sp³-hybridized carbons (Fsp3) is 1.00. The zero-order valence-electron chi connectivity index (χ0n) is 10.7. The molecule has 0 unspecified atom stereocenters. The lowest BCUT2D eigenvalue weighted by Gasteiger charge is -2.28. The first-order valence-corrected chi connectivity index (χ1v) is 6.73. The van der Waals surface area contributed by atoms with Crippen LogP contribution in [-0.4, -0.2) is 43.5 Å². The van der Waals surface area contributed by atoms with Crippen molar-refractivity contribution < 1.29 is 9.47 Å². The van der Waals surface area contributed by atoms with Crippen LogP contribution < -0.4 is 0 Å². The number of nitrogens with zero attached hydrogens (tertiary/aromatic N) is 1. The fourth-order valence-corrected chi connectivity index (χ4v) is 2.31. The molecule has 0 spiro atoms. The van der Waals surface area contributed by atoms with Gasteiger partial charge in [-0.05, 0) is 25.2 Å². The molecule has 16 heavy (non-hydrogen) atoms. The molecular weight excluding hydrogens is 202 g/mol. The highest BCUT2D eigenvalue weighted by Crippen LogP contribution is 2.28. The van der Waals surface area contributed by atoms with Crippen molar-refractivity contribution in [2.45, 2.75) is 51.9 Å². The Morgan fingerprint density at radius 3 is 2.44 bits per heavy atom. The van der Waals surface area contributed by atoms with Crippen molar-refractivity contribution in [1.82, 2.24) is 4.90 Å². The van der Waals surface area contributed by atoms with Crippen molar-refractivity contribution >= 4 is 0 Å². The summed E-state index contributed by atoms with van der Waals surface area (Å²) in [4.78, 5) is 2.62. The van der Waals surface area contributed by atoms with Gasteiger partial charge in [0.05, 0.1) is 13.2 Å². The molecule has 1 aliphatic heterocycles. The largest absolute Gasteiger partial charge is 0.353 e.